The highest BCUT2D eigenvalue weighted by Crippen LogP contribution is 2.37. The Morgan fingerprint density at radius 2 is 1.73 bits per heavy atom. The molecule has 1 fully saturated rings. The maximum Gasteiger partial charge on any atom is 0.0697 e. The van der Waals surface area contributed by atoms with Crippen molar-refractivity contribution >= 4 is 23.5 Å². The van der Waals surface area contributed by atoms with Crippen LogP contribution in [0.15, 0.2) is 0 Å². The number of hydrogen-bond donors (Lipinski definition) is 1. The minimum Gasteiger partial charge on any atom is -0.392 e. The lowest BCUT2D eigenvalue weighted by molar-refractivity contribution is 0.0988. The second-order valence-electron chi connectivity index (χ2n) is 4.22. The van der Waals surface area contributed by atoms with Crippen molar-refractivity contribution in [3.8, 4) is 0 Å². The smallest absolute Gasteiger partial charge is 0.0697 e. The summed E-state index contributed by atoms with van der Waals surface area (Å²) in [6.45, 7) is 6.63. The number of thioether (sulfide) groups is 2. The summed E-state index contributed by atoms with van der Waals surface area (Å²) in [5, 5.41) is 11.5. The lowest BCUT2D eigenvalue weighted by Gasteiger charge is -2.36. The fourth-order valence-electron chi connectivity index (χ4n) is 2.29. The summed E-state index contributed by atoms with van der Waals surface area (Å²) in [4.78, 5) is 0. The molecule has 0 saturated carbocycles. The Labute approximate surface area is 103 Å². The van der Waals surface area contributed by atoms with Crippen LogP contribution in [0.4, 0.5) is 0 Å². The molecule has 1 nitrogen and oxygen atoms in total. The number of aliphatic hydroxyl groups is 1. The molecule has 1 heterocycles. The zero-order valence-corrected chi connectivity index (χ0v) is 11.7. The van der Waals surface area contributed by atoms with E-state index >= 15 is 0 Å². The van der Waals surface area contributed by atoms with Crippen molar-refractivity contribution in [1.82, 2.24) is 0 Å². The molecule has 0 spiro atoms. The van der Waals surface area contributed by atoms with Crippen molar-refractivity contribution in [1.29, 1.82) is 0 Å². The summed E-state index contributed by atoms with van der Waals surface area (Å²) in [5.41, 5.74) is 0. The fourth-order valence-corrected chi connectivity index (χ4v) is 5.52. The average Bonchev–Trinajstić information content (AvgIpc) is 2.30. The molecule has 90 valence electrons. The largest absolute Gasteiger partial charge is 0.392 e. The first-order valence-electron chi connectivity index (χ1n) is 6.15. The Kier molecular flexibility index (Phi) is 6.48. The molecule has 0 aromatic rings. The molecule has 0 bridgehead atoms. The summed E-state index contributed by atoms with van der Waals surface area (Å²) in [6, 6.07) is 0. The molecule has 0 aromatic heterocycles. The third kappa shape index (κ3) is 3.57. The molecule has 0 amide bonds. The van der Waals surface area contributed by atoms with Crippen LogP contribution in [0.25, 0.3) is 0 Å². The first kappa shape index (κ1) is 13.7. The van der Waals surface area contributed by atoms with Crippen LogP contribution < -0.4 is 0 Å². The number of hydrogen-bond acceptors (Lipinski definition) is 3. The van der Waals surface area contributed by atoms with Crippen molar-refractivity contribution < 1.29 is 5.11 Å². The van der Waals surface area contributed by atoms with Crippen LogP contribution in [0.1, 0.15) is 40.0 Å². The zero-order valence-electron chi connectivity index (χ0n) is 10.1. The second-order valence-corrected chi connectivity index (χ2v) is 6.85. The van der Waals surface area contributed by atoms with Crippen LogP contribution in [0, 0.1) is 5.92 Å². The van der Waals surface area contributed by atoms with Crippen molar-refractivity contribution in [2.75, 3.05) is 11.5 Å². The molecule has 0 aromatic carbocycles. The molecule has 1 saturated heterocycles. The summed E-state index contributed by atoms with van der Waals surface area (Å²) < 4.78 is 0. The van der Waals surface area contributed by atoms with E-state index in [1.165, 1.54) is 17.9 Å². The first-order chi connectivity index (χ1) is 7.24. The van der Waals surface area contributed by atoms with Gasteiger partial charge < -0.3 is 5.11 Å². The predicted octanol–water partition coefficient (Wildman–Crippen LogP) is 3.41. The van der Waals surface area contributed by atoms with Gasteiger partial charge in [0, 0.05) is 22.0 Å². The lowest BCUT2D eigenvalue weighted by atomic mass is 9.92. The van der Waals surface area contributed by atoms with Crippen LogP contribution in [0.2, 0.25) is 0 Å². The van der Waals surface area contributed by atoms with Crippen molar-refractivity contribution in [3.05, 3.63) is 0 Å². The van der Waals surface area contributed by atoms with Crippen molar-refractivity contribution in [2.45, 2.75) is 56.6 Å². The van der Waals surface area contributed by atoms with Gasteiger partial charge in [-0.05, 0) is 12.3 Å². The van der Waals surface area contributed by atoms with Gasteiger partial charge in [-0.1, -0.05) is 33.6 Å². The highest BCUT2D eigenvalue weighted by Gasteiger charge is 2.33. The standard InChI is InChI=1S/C12H24OS2/c1-4-9(5-2)11(13)12-10(6-3)14-7-8-15-12/h9-13H,4-8H2,1-3H3. The predicted molar refractivity (Wildman–Crippen MR) is 72.9 cm³/mol. The van der Waals surface area contributed by atoms with E-state index in [1.54, 1.807) is 0 Å². The van der Waals surface area contributed by atoms with Gasteiger partial charge >= 0.3 is 0 Å². The molecule has 1 rings (SSSR count). The zero-order chi connectivity index (χ0) is 11.3. The monoisotopic (exact) mass is 248 g/mol. The van der Waals surface area contributed by atoms with Gasteiger partial charge in [0.2, 0.25) is 0 Å². The Balaban J connectivity index is 2.57. The van der Waals surface area contributed by atoms with Gasteiger partial charge in [0.1, 0.15) is 0 Å². The van der Waals surface area contributed by atoms with Gasteiger partial charge in [-0.25, -0.2) is 0 Å². The SMILES string of the molecule is CCC(CC)C(O)C1SCCSC1CC. The van der Waals surface area contributed by atoms with Crippen molar-refractivity contribution in [2.24, 2.45) is 5.92 Å². The van der Waals surface area contributed by atoms with E-state index in [2.05, 4.69) is 32.5 Å². The highest BCUT2D eigenvalue weighted by atomic mass is 32.2. The summed E-state index contributed by atoms with van der Waals surface area (Å²) in [6.07, 6.45) is 3.31. The van der Waals surface area contributed by atoms with E-state index in [0.717, 1.165) is 12.8 Å². The molecule has 0 radical (unpaired) electrons. The molecule has 1 N–H and O–H groups in total. The molecule has 1 aliphatic heterocycles. The van der Waals surface area contributed by atoms with E-state index in [-0.39, 0.29) is 6.10 Å². The van der Waals surface area contributed by atoms with E-state index in [0.29, 0.717) is 16.4 Å². The Morgan fingerprint density at radius 1 is 1.13 bits per heavy atom. The maximum atomic E-state index is 10.4. The van der Waals surface area contributed by atoms with Gasteiger partial charge in [-0.3, -0.25) is 0 Å². The first-order valence-corrected chi connectivity index (χ1v) is 8.25. The van der Waals surface area contributed by atoms with Gasteiger partial charge in [0.05, 0.1) is 6.10 Å². The van der Waals surface area contributed by atoms with E-state index in [4.69, 9.17) is 0 Å². The quantitative estimate of drug-likeness (QED) is 0.805. The third-order valence-electron chi connectivity index (χ3n) is 3.36. The molecule has 3 heteroatoms. The molecule has 3 unspecified atom stereocenters. The minimum absolute atomic E-state index is 0.0947. The summed E-state index contributed by atoms with van der Waals surface area (Å²) >= 11 is 4.05. The van der Waals surface area contributed by atoms with Gasteiger partial charge in [0.15, 0.2) is 0 Å². The minimum atomic E-state index is -0.0947. The Hall–Kier alpha value is 0.660. The molecule has 15 heavy (non-hydrogen) atoms. The molecule has 0 aliphatic carbocycles. The highest BCUT2D eigenvalue weighted by molar-refractivity contribution is 8.07. The van der Waals surface area contributed by atoms with Crippen LogP contribution in [0.3, 0.4) is 0 Å². The van der Waals surface area contributed by atoms with E-state index < -0.39 is 0 Å². The normalized spacial score (nSPS) is 29.4. The topological polar surface area (TPSA) is 20.2 Å². The average molecular weight is 248 g/mol. The summed E-state index contributed by atoms with van der Waals surface area (Å²) in [7, 11) is 0. The number of rotatable bonds is 5. The third-order valence-corrected chi connectivity index (χ3v) is 6.72. The van der Waals surface area contributed by atoms with Crippen LogP contribution in [-0.2, 0) is 0 Å². The Morgan fingerprint density at radius 3 is 2.27 bits per heavy atom. The molecular formula is C12H24OS2. The van der Waals surface area contributed by atoms with Crippen LogP contribution in [-0.4, -0.2) is 33.2 Å². The lowest BCUT2D eigenvalue weighted by Crippen LogP contribution is -2.40. The molecule has 3 atom stereocenters. The van der Waals surface area contributed by atoms with Gasteiger partial charge in [-0.15, -0.1) is 0 Å². The van der Waals surface area contributed by atoms with E-state index in [9.17, 15) is 5.11 Å². The maximum absolute atomic E-state index is 10.4. The van der Waals surface area contributed by atoms with Gasteiger partial charge in [-0.2, -0.15) is 23.5 Å². The molecular weight excluding hydrogens is 224 g/mol. The summed E-state index contributed by atoms with van der Waals surface area (Å²) in [5.74, 6) is 2.97. The number of aliphatic hydroxyl groups excluding tert-OH is 1. The fraction of sp³-hybridized carbons (Fsp3) is 1.00. The second kappa shape index (κ2) is 7.08. The Bertz CT molecular complexity index is 171. The molecule has 1 aliphatic rings. The van der Waals surface area contributed by atoms with Gasteiger partial charge in [0.25, 0.3) is 0 Å². The van der Waals surface area contributed by atoms with Crippen molar-refractivity contribution in [3.63, 3.8) is 0 Å². The van der Waals surface area contributed by atoms with E-state index in [1.807, 2.05) is 11.8 Å². The van der Waals surface area contributed by atoms with Crippen LogP contribution in [0.5, 0.6) is 0 Å². The van der Waals surface area contributed by atoms with Crippen LogP contribution >= 0.6 is 23.5 Å².